The molecule has 4 nitrogen and oxygen atoms in total. The van der Waals surface area contributed by atoms with Gasteiger partial charge in [-0.25, -0.2) is 4.98 Å². The zero-order valence-electron chi connectivity index (χ0n) is 8.17. The summed E-state index contributed by atoms with van der Waals surface area (Å²) in [7, 11) is 0. The zero-order chi connectivity index (χ0) is 10.5. The third-order valence-corrected chi connectivity index (χ3v) is 3.45. The van der Waals surface area contributed by atoms with Crippen LogP contribution in [0.4, 0.5) is 0 Å². The van der Waals surface area contributed by atoms with Crippen LogP contribution in [0.15, 0.2) is 18.7 Å². The quantitative estimate of drug-likeness (QED) is 0.753. The van der Waals surface area contributed by atoms with Crippen LogP contribution in [0.5, 0.6) is 0 Å². The Morgan fingerprint density at radius 2 is 2.33 bits per heavy atom. The highest BCUT2D eigenvalue weighted by atomic mass is 32.2. The summed E-state index contributed by atoms with van der Waals surface area (Å²) in [4.78, 5) is 3.94. The zero-order valence-corrected chi connectivity index (χ0v) is 9.80. The Hall–Kier alpha value is -0.430. The number of hydrogen-bond acceptors (Lipinski definition) is 5. The molecular weight excluding hydrogens is 232 g/mol. The van der Waals surface area contributed by atoms with Crippen LogP contribution in [0.2, 0.25) is 0 Å². The Morgan fingerprint density at radius 3 is 3.00 bits per heavy atom. The fourth-order valence-corrected chi connectivity index (χ4v) is 2.36. The second-order valence-electron chi connectivity index (χ2n) is 3.04. The fraction of sp³-hybridized carbons (Fsp3) is 0.556. The molecule has 1 aromatic rings. The van der Waals surface area contributed by atoms with Crippen molar-refractivity contribution in [3.63, 3.8) is 0 Å². The molecule has 1 aromatic heterocycles. The minimum absolute atomic E-state index is 0.0388. The lowest BCUT2D eigenvalue weighted by atomic mass is 10.5. The van der Waals surface area contributed by atoms with Gasteiger partial charge in [0, 0.05) is 24.6 Å². The van der Waals surface area contributed by atoms with Crippen molar-refractivity contribution in [2.75, 3.05) is 19.0 Å². The summed E-state index contributed by atoms with van der Waals surface area (Å²) in [5, 5.41) is 0. The molecule has 0 spiro atoms. The monoisotopic (exact) mass is 244 g/mol. The SMILES string of the molecule is S=C(SCCC1OCCO1)n1ccnc1. The van der Waals surface area contributed by atoms with Gasteiger partial charge in [-0.3, -0.25) is 4.57 Å². The Labute approximate surface area is 98.0 Å². The predicted octanol–water partition coefficient (Wildman–Crippen LogP) is 1.51. The average molecular weight is 244 g/mol. The van der Waals surface area contributed by atoms with Crippen LogP contribution in [0.1, 0.15) is 6.42 Å². The molecule has 6 heteroatoms. The summed E-state index contributed by atoms with van der Waals surface area (Å²) < 4.78 is 13.3. The van der Waals surface area contributed by atoms with E-state index in [4.69, 9.17) is 21.7 Å². The molecule has 15 heavy (non-hydrogen) atoms. The molecule has 1 fully saturated rings. The lowest BCUT2D eigenvalue weighted by molar-refractivity contribution is -0.0421. The minimum atomic E-state index is -0.0388. The van der Waals surface area contributed by atoms with Gasteiger partial charge in [-0.05, 0) is 0 Å². The van der Waals surface area contributed by atoms with Crippen molar-refractivity contribution < 1.29 is 9.47 Å². The average Bonchev–Trinajstić information content (AvgIpc) is 2.90. The maximum absolute atomic E-state index is 5.33. The van der Waals surface area contributed by atoms with E-state index in [2.05, 4.69) is 4.98 Å². The van der Waals surface area contributed by atoms with Gasteiger partial charge >= 0.3 is 0 Å². The van der Waals surface area contributed by atoms with Gasteiger partial charge < -0.3 is 9.47 Å². The van der Waals surface area contributed by atoms with Crippen molar-refractivity contribution in [2.45, 2.75) is 12.7 Å². The number of aromatic nitrogens is 2. The maximum atomic E-state index is 5.33. The summed E-state index contributed by atoms with van der Waals surface area (Å²) in [6.07, 6.45) is 6.11. The lowest BCUT2D eigenvalue weighted by Crippen LogP contribution is -2.10. The first-order valence-corrected chi connectivity index (χ1v) is 6.14. The molecule has 0 saturated carbocycles. The van der Waals surface area contributed by atoms with Crippen LogP contribution in [-0.2, 0) is 9.47 Å². The molecule has 0 unspecified atom stereocenters. The van der Waals surface area contributed by atoms with Crippen molar-refractivity contribution >= 4 is 28.3 Å². The van der Waals surface area contributed by atoms with E-state index in [9.17, 15) is 0 Å². The smallest absolute Gasteiger partial charge is 0.158 e. The molecule has 0 radical (unpaired) electrons. The van der Waals surface area contributed by atoms with Crippen molar-refractivity contribution in [3.8, 4) is 0 Å². The van der Waals surface area contributed by atoms with E-state index in [0.29, 0.717) is 13.2 Å². The first-order chi connectivity index (χ1) is 7.36. The summed E-state index contributed by atoms with van der Waals surface area (Å²) in [5.41, 5.74) is 0. The molecule has 2 heterocycles. The lowest BCUT2D eigenvalue weighted by Gasteiger charge is -2.08. The summed E-state index contributed by atoms with van der Waals surface area (Å²) in [6.45, 7) is 1.42. The van der Waals surface area contributed by atoms with E-state index >= 15 is 0 Å². The van der Waals surface area contributed by atoms with Gasteiger partial charge in [0.1, 0.15) is 10.6 Å². The highest BCUT2D eigenvalue weighted by Gasteiger charge is 2.15. The number of nitrogens with zero attached hydrogens (tertiary/aromatic N) is 2. The van der Waals surface area contributed by atoms with Crippen LogP contribution in [0, 0.1) is 0 Å². The van der Waals surface area contributed by atoms with E-state index in [1.165, 1.54) is 0 Å². The molecule has 0 atom stereocenters. The number of thiocarbonyl (C=S) groups is 1. The van der Waals surface area contributed by atoms with Crippen LogP contribution in [-0.4, -0.2) is 39.1 Å². The Bertz CT molecular complexity index is 310. The van der Waals surface area contributed by atoms with Crippen LogP contribution < -0.4 is 0 Å². The van der Waals surface area contributed by atoms with E-state index < -0.39 is 0 Å². The van der Waals surface area contributed by atoms with E-state index in [1.54, 1.807) is 24.3 Å². The van der Waals surface area contributed by atoms with Gasteiger partial charge in [-0.1, -0.05) is 24.0 Å². The number of hydrogen-bond donors (Lipinski definition) is 0. The molecular formula is C9H12N2O2S2. The van der Waals surface area contributed by atoms with Gasteiger partial charge in [-0.15, -0.1) is 0 Å². The van der Waals surface area contributed by atoms with Crippen LogP contribution in [0.25, 0.3) is 0 Å². The number of imidazole rings is 1. The summed E-state index contributed by atoms with van der Waals surface area (Å²) >= 11 is 6.83. The number of rotatable bonds is 3. The van der Waals surface area contributed by atoms with Crippen LogP contribution in [0.3, 0.4) is 0 Å². The largest absolute Gasteiger partial charge is 0.350 e. The minimum Gasteiger partial charge on any atom is -0.350 e. The van der Waals surface area contributed by atoms with Crippen LogP contribution >= 0.6 is 24.0 Å². The highest BCUT2D eigenvalue weighted by molar-refractivity contribution is 8.23. The molecule has 2 rings (SSSR count). The molecule has 0 N–H and O–H groups in total. The Kier molecular flexibility index (Phi) is 4.13. The predicted molar refractivity (Wildman–Crippen MR) is 63.0 cm³/mol. The topological polar surface area (TPSA) is 36.3 Å². The molecule has 0 bridgehead atoms. The molecule has 1 saturated heterocycles. The Morgan fingerprint density at radius 1 is 1.53 bits per heavy atom. The molecule has 0 aromatic carbocycles. The molecule has 0 amide bonds. The second-order valence-corrected chi connectivity index (χ2v) is 4.77. The third-order valence-electron chi connectivity index (χ3n) is 1.99. The first-order valence-electron chi connectivity index (χ1n) is 4.74. The standard InChI is InChI=1S/C9H12N2O2S2/c14-9(11-3-2-10-7-11)15-6-1-8-12-4-5-13-8/h2-3,7-8H,1,4-6H2. The normalized spacial score (nSPS) is 17.1. The van der Waals surface area contributed by atoms with E-state index in [1.807, 2.05) is 10.8 Å². The van der Waals surface area contributed by atoms with Gasteiger partial charge in [0.15, 0.2) is 6.29 Å². The summed E-state index contributed by atoms with van der Waals surface area (Å²) in [5.74, 6) is 0.904. The van der Waals surface area contributed by atoms with Crippen molar-refractivity contribution in [1.82, 2.24) is 9.55 Å². The van der Waals surface area contributed by atoms with Crippen molar-refractivity contribution in [1.29, 1.82) is 0 Å². The molecule has 82 valence electrons. The summed E-state index contributed by atoms with van der Waals surface area (Å²) in [6, 6.07) is 0. The van der Waals surface area contributed by atoms with E-state index in [-0.39, 0.29) is 6.29 Å². The first kappa shape index (κ1) is 11.1. The van der Waals surface area contributed by atoms with Gasteiger partial charge in [0.2, 0.25) is 0 Å². The molecule has 1 aliphatic rings. The van der Waals surface area contributed by atoms with Gasteiger partial charge in [0.05, 0.1) is 13.2 Å². The number of ether oxygens (including phenoxy) is 2. The third kappa shape index (κ3) is 3.27. The van der Waals surface area contributed by atoms with E-state index in [0.717, 1.165) is 16.5 Å². The Balaban J connectivity index is 1.67. The van der Waals surface area contributed by atoms with Gasteiger partial charge in [-0.2, -0.15) is 0 Å². The van der Waals surface area contributed by atoms with Crippen molar-refractivity contribution in [2.24, 2.45) is 0 Å². The highest BCUT2D eigenvalue weighted by Crippen LogP contribution is 2.14. The maximum Gasteiger partial charge on any atom is 0.158 e. The molecule has 1 aliphatic heterocycles. The van der Waals surface area contributed by atoms with Crippen molar-refractivity contribution in [3.05, 3.63) is 18.7 Å². The molecule has 0 aliphatic carbocycles. The van der Waals surface area contributed by atoms with Gasteiger partial charge in [0.25, 0.3) is 0 Å². The number of thioether (sulfide) groups is 1. The fourth-order valence-electron chi connectivity index (χ4n) is 1.26. The second kappa shape index (κ2) is 5.60.